The molecule has 0 radical (unpaired) electrons. The summed E-state index contributed by atoms with van der Waals surface area (Å²) in [6.07, 6.45) is 4.49. The summed E-state index contributed by atoms with van der Waals surface area (Å²) in [5.74, 6) is 0.637. The second kappa shape index (κ2) is 4.21. The molecule has 5 atom stereocenters. The zero-order valence-corrected chi connectivity index (χ0v) is 12.6. The van der Waals surface area contributed by atoms with Crippen molar-refractivity contribution in [1.82, 2.24) is 0 Å². The van der Waals surface area contributed by atoms with E-state index in [9.17, 15) is 4.79 Å². The number of rotatable bonds is 2. The highest BCUT2D eigenvalue weighted by atomic mass is 16.6. The monoisotopic (exact) mass is 266 g/mol. The molecule has 3 aliphatic rings. The zero-order chi connectivity index (χ0) is 13.8. The molecule has 1 saturated heterocycles. The molecule has 2 saturated carbocycles. The minimum absolute atomic E-state index is 0.0203. The third-order valence-electron chi connectivity index (χ3n) is 6.65. The molecule has 1 heterocycles. The van der Waals surface area contributed by atoms with Crippen molar-refractivity contribution in [3.05, 3.63) is 0 Å². The molecular formula is C16H26O3. The lowest BCUT2D eigenvalue weighted by Crippen LogP contribution is -2.40. The number of carbonyl (C=O) groups is 1. The van der Waals surface area contributed by atoms with Crippen LogP contribution in [0.4, 0.5) is 0 Å². The first-order chi connectivity index (χ1) is 8.86. The van der Waals surface area contributed by atoms with Gasteiger partial charge in [-0.3, -0.25) is 4.79 Å². The molecule has 3 nitrogen and oxygen atoms in total. The Balaban J connectivity index is 1.70. The normalized spacial score (nSPS) is 47.6. The Labute approximate surface area is 116 Å². The summed E-state index contributed by atoms with van der Waals surface area (Å²) in [5.41, 5.74) is 0.464. The van der Waals surface area contributed by atoms with Crippen LogP contribution in [0, 0.1) is 22.7 Å². The molecule has 2 bridgehead atoms. The van der Waals surface area contributed by atoms with E-state index in [1.54, 1.807) is 0 Å². The van der Waals surface area contributed by atoms with E-state index >= 15 is 0 Å². The lowest BCUT2D eigenvalue weighted by Gasteiger charge is -2.38. The Morgan fingerprint density at radius 3 is 2.47 bits per heavy atom. The van der Waals surface area contributed by atoms with E-state index in [0.29, 0.717) is 17.9 Å². The molecule has 0 aromatic carbocycles. The van der Waals surface area contributed by atoms with Gasteiger partial charge in [-0.1, -0.05) is 20.8 Å². The number of hydrogen-bond acceptors (Lipinski definition) is 3. The number of carbonyl (C=O) groups excluding carboxylic acids is 1. The number of fused-ring (bicyclic) bond motifs is 2. The fourth-order valence-corrected chi connectivity index (χ4v) is 4.58. The van der Waals surface area contributed by atoms with Crippen molar-refractivity contribution < 1.29 is 14.3 Å². The van der Waals surface area contributed by atoms with Crippen molar-refractivity contribution in [3.8, 4) is 0 Å². The molecule has 5 unspecified atom stereocenters. The first-order valence-electron chi connectivity index (χ1n) is 7.68. The summed E-state index contributed by atoms with van der Waals surface area (Å²) in [6, 6.07) is 0. The van der Waals surface area contributed by atoms with Gasteiger partial charge in [0.15, 0.2) is 0 Å². The van der Waals surface area contributed by atoms with Gasteiger partial charge in [-0.15, -0.1) is 0 Å². The van der Waals surface area contributed by atoms with Crippen LogP contribution < -0.4 is 0 Å². The molecule has 108 valence electrons. The van der Waals surface area contributed by atoms with Crippen LogP contribution >= 0.6 is 0 Å². The topological polar surface area (TPSA) is 35.5 Å². The van der Waals surface area contributed by atoms with Crippen LogP contribution in [0.15, 0.2) is 0 Å². The SMILES string of the molecule is CC1OCCC1C(=O)OC1CC2CCC1(C)C2(C)C. The van der Waals surface area contributed by atoms with E-state index in [1.165, 1.54) is 12.8 Å². The van der Waals surface area contributed by atoms with E-state index in [1.807, 2.05) is 6.92 Å². The summed E-state index contributed by atoms with van der Waals surface area (Å²) in [4.78, 5) is 12.3. The smallest absolute Gasteiger partial charge is 0.311 e. The Morgan fingerprint density at radius 2 is 2.00 bits per heavy atom. The van der Waals surface area contributed by atoms with Crippen molar-refractivity contribution in [3.63, 3.8) is 0 Å². The van der Waals surface area contributed by atoms with Crippen LogP contribution in [-0.4, -0.2) is 24.8 Å². The summed E-state index contributed by atoms with van der Waals surface area (Å²) in [7, 11) is 0. The van der Waals surface area contributed by atoms with Gasteiger partial charge in [0, 0.05) is 12.0 Å². The highest BCUT2D eigenvalue weighted by molar-refractivity contribution is 5.73. The second-order valence-corrected chi connectivity index (χ2v) is 7.51. The Bertz CT molecular complexity index is 389. The predicted molar refractivity (Wildman–Crippen MR) is 72.6 cm³/mol. The van der Waals surface area contributed by atoms with Gasteiger partial charge >= 0.3 is 5.97 Å². The van der Waals surface area contributed by atoms with Gasteiger partial charge < -0.3 is 9.47 Å². The summed E-state index contributed by atoms with van der Waals surface area (Å²) < 4.78 is 11.4. The van der Waals surface area contributed by atoms with E-state index in [4.69, 9.17) is 9.47 Å². The van der Waals surface area contributed by atoms with Gasteiger partial charge in [0.25, 0.3) is 0 Å². The summed E-state index contributed by atoms with van der Waals surface area (Å²) in [5, 5.41) is 0. The minimum Gasteiger partial charge on any atom is -0.461 e. The van der Waals surface area contributed by atoms with E-state index < -0.39 is 0 Å². The van der Waals surface area contributed by atoms with Crippen molar-refractivity contribution in [2.45, 2.75) is 65.6 Å². The third kappa shape index (κ3) is 1.77. The van der Waals surface area contributed by atoms with Crippen molar-refractivity contribution in [2.24, 2.45) is 22.7 Å². The maximum Gasteiger partial charge on any atom is 0.311 e. The van der Waals surface area contributed by atoms with Crippen LogP contribution in [-0.2, 0) is 14.3 Å². The molecule has 0 amide bonds. The average Bonchev–Trinajstić information content (AvgIpc) is 2.90. The van der Waals surface area contributed by atoms with Gasteiger partial charge in [0.05, 0.1) is 12.0 Å². The highest BCUT2D eigenvalue weighted by Crippen LogP contribution is 2.66. The first kappa shape index (κ1) is 13.4. The van der Waals surface area contributed by atoms with Crippen LogP contribution in [0.1, 0.15) is 53.4 Å². The fraction of sp³-hybridized carbons (Fsp3) is 0.938. The average molecular weight is 266 g/mol. The standard InChI is InChI=1S/C16H26O3/c1-10-12(6-8-18-10)14(17)19-13-9-11-5-7-16(13,4)15(11,2)3/h10-13H,5-9H2,1-4H3. The Morgan fingerprint density at radius 1 is 1.26 bits per heavy atom. The van der Waals surface area contributed by atoms with Crippen molar-refractivity contribution in [2.75, 3.05) is 6.61 Å². The molecule has 0 N–H and O–H groups in total. The molecule has 2 aliphatic carbocycles. The van der Waals surface area contributed by atoms with E-state index in [0.717, 1.165) is 12.8 Å². The van der Waals surface area contributed by atoms with Gasteiger partial charge in [-0.25, -0.2) is 0 Å². The number of hydrogen-bond donors (Lipinski definition) is 0. The molecule has 0 aromatic rings. The molecule has 3 rings (SSSR count). The second-order valence-electron chi connectivity index (χ2n) is 7.51. The van der Waals surface area contributed by atoms with Crippen molar-refractivity contribution >= 4 is 5.97 Å². The predicted octanol–water partition coefficient (Wildman–Crippen LogP) is 3.17. The van der Waals surface area contributed by atoms with E-state index in [-0.39, 0.29) is 29.5 Å². The van der Waals surface area contributed by atoms with Crippen LogP contribution in [0.3, 0.4) is 0 Å². The molecule has 3 heteroatoms. The quantitative estimate of drug-likeness (QED) is 0.720. The van der Waals surface area contributed by atoms with Gasteiger partial charge in [-0.05, 0) is 43.9 Å². The third-order valence-corrected chi connectivity index (χ3v) is 6.65. The molecule has 1 aliphatic heterocycles. The maximum atomic E-state index is 12.3. The summed E-state index contributed by atoms with van der Waals surface area (Å²) >= 11 is 0. The van der Waals surface area contributed by atoms with Crippen LogP contribution in [0.5, 0.6) is 0 Å². The fourth-order valence-electron chi connectivity index (χ4n) is 4.58. The first-order valence-corrected chi connectivity index (χ1v) is 7.68. The van der Waals surface area contributed by atoms with Gasteiger partial charge in [0.2, 0.25) is 0 Å². The van der Waals surface area contributed by atoms with Crippen LogP contribution in [0.25, 0.3) is 0 Å². The molecule has 19 heavy (non-hydrogen) atoms. The van der Waals surface area contributed by atoms with Crippen molar-refractivity contribution in [1.29, 1.82) is 0 Å². The molecule has 0 aromatic heterocycles. The summed E-state index contributed by atoms with van der Waals surface area (Å²) in [6.45, 7) is 9.68. The van der Waals surface area contributed by atoms with Gasteiger partial charge in [-0.2, -0.15) is 0 Å². The largest absolute Gasteiger partial charge is 0.461 e. The minimum atomic E-state index is -0.0501. The molecule has 3 fully saturated rings. The van der Waals surface area contributed by atoms with E-state index in [2.05, 4.69) is 20.8 Å². The Kier molecular flexibility index (Phi) is 2.97. The van der Waals surface area contributed by atoms with Crippen LogP contribution in [0.2, 0.25) is 0 Å². The Hall–Kier alpha value is -0.570. The zero-order valence-electron chi connectivity index (χ0n) is 12.6. The molecular weight excluding hydrogens is 240 g/mol. The van der Waals surface area contributed by atoms with Gasteiger partial charge in [0.1, 0.15) is 6.10 Å². The molecule has 0 spiro atoms. The lowest BCUT2D eigenvalue weighted by molar-refractivity contribution is -0.163. The highest BCUT2D eigenvalue weighted by Gasteiger charge is 2.63. The number of ether oxygens (including phenoxy) is 2. The lowest BCUT2D eigenvalue weighted by atomic mass is 9.70. The maximum absolute atomic E-state index is 12.3. The number of esters is 1.